The van der Waals surface area contributed by atoms with Gasteiger partial charge in [0.05, 0.1) is 6.61 Å². The maximum absolute atomic E-state index is 13.9. The SMILES string of the molecule is CCOC(=O)C(F)(F)[C@@H](N)c1cc(Br)cc(C(=O)O)c1O. The molecule has 0 amide bonds. The van der Waals surface area contributed by atoms with Gasteiger partial charge in [-0.1, -0.05) is 15.9 Å². The van der Waals surface area contributed by atoms with Crippen molar-refractivity contribution in [1.82, 2.24) is 0 Å². The summed E-state index contributed by atoms with van der Waals surface area (Å²) in [4.78, 5) is 22.2. The first kappa shape index (κ1) is 17.3. The van der Waals surface area contributed by atoms with Gasteiger partial charge in [0, 0.05) is 10.0 Å². The average Bonchev–Trinajstić information content (AvgIpc) is 2.40. The Morgan fingerprint density at radius 3 is 2.52 bits per heavy atom. The Labute approximate surface area is 126 Å². The van der Waals surface area contributed by atoms with Crippen LogP contribution in [0.2, 0.25) is 0 Å². The summed E-state index contributed by atoms with van der Waals surface area (Å²) in [6.45, 7) is 1.07. The van der Waals surface area contributed by atoms with Crippen LogP contribution in [-0.4, -0.2) is 34.7 Å². The van der Waals surface area contributed by atoms with Crippen molar-refractivity contribution in [2.24, 2.45) is 5.73 Å². The molecule has 0 saturated heterocycles. The van der Waals surface area contributed by atoms with Crippen molar-refractivity contribution in [2.75, 3.05) is 6.61 Å². The highest BCUT2D eigenvalue weighted by molar-refractivity contribution is 9.10. The molecule has 1 rings (SSSR count). The number of ether oxygens (including phenoxy) is 1. The highest BCUT2D eigenvalue weighted by Crippen LogP contribution is 2.38. The van der Waals surface area contributed by atoms with E-state index in [1.165, 1.54) is 6.92 Å². The van der Waals surface area contributed by atoms with E-state index in [0.717, 1.165) is 12.1 Å². The lowest BCUT2D eigenvalue weighted by Crippen LogP contribution is -2.41. The summed E-state index contributed by atoms with van der Waals surface area (Å²) in [6.07, 6.45) is 0. The number of esters is 1. The normalized spacial score (nSPS) is 12.8. The van der Waals surface area contributed by atoms with Crippen molar-refractivity contribution >= 4 is 27.9 Å². The van der Waals surface area contributed by atoms with E-state index < -0.39 is 40.8 Å². The molecule has 1 aromatic rings. The van der Waals surface area contributed by atoms with E-state index in [2.05, 4.69) is 20.7 Å². The topological polar surface area (TPSA) is 110 Å². The second kappa shape index (κ2) is 6.35. The van der Waals surface area contributed by atoms with Crippen LogP contribution in [0.25, 0.3) is 0 Å². The molecule has 0 spiro atoms. The number of phenols is 1. The molecule has 21 heavy (non-hydrogen) atoms. The van der Waals surface area contributed by atoms with Crippen LogP contribution < -0.4 is 5.73 Å². The van der Waals surface area contributed by atoms with Gasteiger partial charge in [0.1, 0.15) is 17.4 Å². The zero-order valence-electron chi connectivity index (χ0n) is 10.8. The summed E-state index contributed by atoms with van der Waals surface area (Å²) in [5.41, 5.74) is 4.12. The number of halogens is 3. The number of carbonyl (C=O) groups excluding carboxylic acids is 1. The lowest BCUT2D eigenvalue weighted by molar-refractivity contribution is -0.174. The third-order valence-electron chi connectivity index (χ3n) is 2.61. The van der Waals surface area contributed by atoms with Crippen LogP contribution >= 0.6 is 15.9 Å². The number of rotatable bonds is 5. The van der Waals surface area contributed by atoms with Gasteiger partial charge in [0.15, 0.2) is 0 Å². The van der Waals surface area contributed by atoms with Crippen LogP contribution in [-0.2, 0) is 9.53 Å². The molecule has 0 saturated carbocycles. The lowest BCUT2D eigenvalue weighted by Gasteiger charge is -2.23. The predicted molar refractivity (Wildman–Crippen MR) is 71.3 cm³/mol. The second-order valence-electron chi connectivity index (χ2n) is 4.02. The van der Waals surface area contributed by atoms with E-state index >= 15 is 0 Å². The summed E-state index contributed by atoms with van der Waals surface area (Å²) in [6, 6.07) is -0.220. The summed E-state index contributed by atoms with van der Waals surface area (Å²) in [7, 11) is 0. The number of benzene rings is 1. The number of carboxylic acid groups (broad SMARTS) is 1. The summed E-state index contributed by atoms with van der Waals surface area (Å²) in [5.74, 6) is -8.43. The number of carbonyl (C=O) groups is 2. The molecule has 116 valence electrons. The number of carboxylic acids is 1. The molecule has 1 aromatic carbocycles. The molecule has 0 heterocycles. The molecule has 0 aromatic heterocycles. The number of nitrogens with two attached hydrogens (primary N) is 1. The molecule has 4 N–H and O–H groups in total. The van der Waals surface area contributed by atoms with E-state index in [9.17, 15) is 23.5 Å². The minimum absolute atomic E-state index is 0.114. The zero-order chi connectivity index (χ0) is 16.4. The minimum atomic E-state index is -4.12. The second-order valence-corrected chi connectivity index (χ2v) is 4.93. The lowest BCUT2D eigenvalue weighted by atomic mass is 9.98. The van der Waals surface area contributed by atoms with Gasteiger partial charge in [-0.3, -0.25) is 0 Å². The van der Waals surface area contributed by atoms with E-state index in [0.29, 0.717) is 0 Å². The highest BCUT2D eigenvalue weighted by Gasteiger charge is 2.49. The summed E-state index contributed by atoms with van der Waals surface area (Å²) >= 11 is 2.93. The van der Waals surface area contributed by atoms with Crippen molar-refractivity contribution in [3.8, 4) is 5.75 Å². The zero-order valence-corrected chi connectivity index (χ0v) is 12.4. The summed E-state index contributed by atoms with van der Waals surface area (Å²) in [5, 5.41) is 18.7. The van der Waals surface area contributed by atoms with Gasteiger partial charge in [-0.05, 0) is 19.1 Å². The van der Waals surface area contributed by atoms with E-state index in [1.54, 1.807) is 0 Å². The first-order valence-electron chi connectivity index (χ1n) is 5.69. The molecule has 6 nitrogen and oxygen atoms in total. The van der Waals surface area contributed by atoms with Crippen LogP contribution in [0.5, 0.6) is 5.75 Å². The predicted octanol–water partition coefficient (Wildman–Crippen LogP) is 2.05. The fourth-order valence-electron chi connectivity index (χ4n) is 1.57. The van der Waals surface area contributed by atoms with Gasteiger partial charge in [-0.25, -0.2) is 9.59 Å². The monoisotopic (exact) mass is 367 g/mol. The molecule has 0 aliphatic rings. The number of alkyl halides is 2. The maximum Gasteiger partial charge on any atom is 0.379 e. The Balaban J connectivity index is 3.33. The molecule has 0 aliphatic heterocycles. The number of hydrogen-bond donors (Lipinski definition) is 3. The van der Waals surface area contributed by atoms with Crippen molar-refractivity contribution in [2.45, 2.75) is 18.9 Å². The van der Waals surface area contributed by atoms with Crippen LogP contribution in [0, 0.1) is 0 Å². The van der Waals surface area contributed by atoms with E-state index in [-0.39, 0.29) is 11.1 Å². The van der Waals surface area contributed by atoms with Crippen LogP contribution in [0.1, 0.15) is 28.9 Å². The molecule has 0 unspecified atom stereocenters. The molecule has 1 atom stereocenters. The van der Waals surface area contributed by atoms with Crippen molar-refractivity contribution in [3.05, 3.63) is 27.7 Å². The van der Waals surface area contributed by atoms with Gasteiger partial charge in [-0.2, -0.15) is 8.78 Å². The quantitative estimate of drug-likeness (QED) is 0.687. The Morgan fingerprint density at radius 2 is 2.05 bits per heavy atom. The third kappa shape index (κ3) is 3.48. The molecular weight excluding hydrogens is 356 g/mol. The third-order valence-corrected chi connectivity index (χ3v) is 3.07. The maximum atomic E-state index is 13.9. The van der Waals surface area contributed by atoms with Gasteiger partial charge < -0.3 is 20.7 Å². The van der Waals surface area contributed by atoms with Crippen LogP contribution in [0.4, 0.5) is 8.78 Å². The standard InChI is InChI=1S/C12H12BrF2NO5/c1-2-21-11(20)12(14,15)9(16)6-3-5(13)4-7(8(6)17)10(18)19/h3-4,9,17H,2,16H2,1H3,(H,18,19)/t9-/m0/s1. The van der Waals surface area contributed by atoms with Crippen LogP contribution in [0.3, 0.4) is 0 Å². The van der Waals surface area contributed by atoms with Gasteiger partial charge >= 0.3 is 17.9 Å². The van der Waals surface area contributed by atoms with Crippen LogP contribution in [0.15, 0.2) is 16.6 Å². The minimum Gasteiger partial charge on any atom is -0.507 e. The van der Waals surface area contributed by atoms with Gasteiger partial charge in [0.25, 0.3) is 0 Å². The molecule has 0 bridgehead atoms. The van der Waals surface area contributed by atoms with E-state index in [4.69, 9.17) is 10.8 Å². The molecule has 0 aliphatic carbocycles. The Morgan fingerprint density at radius 1 is 1.48 bits per heavy atom. The van der Waals surface area contributed by atoms with Gasteiger partial charge in [0.2, 0.25) is 0 Å². The van der Waals surface area contributed by atoms with Gasteiger partial charge in [-0.15, -0.1) is 0 Å². The average molecular weight is 368 g/mol. The van der Waals surface area contributed by atoms with Crippen molar-refractivity contribution < 1.29 is 33.3 Å². The molecule has 0 fully saturated rings. The Kier molecular flexibility index (Phi) is 5.24. The molecular formula is C12H12BrF2NO5. The fraction of sp³-hybridized carbons (Fsp3) is 0.333. The van der Waals surface area contributed by atoms with Crippen molar-refractivity contribution in [1.29, 1.82) is 0 Å². The largest absolute Gasteiger partial charge is 0.507 e. The Bertz CT molecular complexity index is 579. The number of hydrogen-bond acceptors (Lipinski definition) is 5. The summed E-state index contributed by atoms with van der Waals surface area (Å²) < 4.78 is 32.0. The highest BCUT2D eigenvalue weighted by atomic mass is 79.9. The Hall–Kier alpha value is -1.74. The number of aromatic hydroxyl groups is 1. The first-order chi connectivity index (χ1) is 9.62. The smallest absolute Gasteiger partial charge is 0.379 e. The molecule has 0 radical (unpaired) electrons. The fourth-order valence-corrected chi connectivity index (χ4v) is 2.05. The number of aromatic carboxylic acids is 1. The molecule has 9 heteroatoms. The van der Waals surface area contributed by atoms with E-state index in [1.807, 2.05) is 0 Å². The first-order valence-corrected chi connectivity index (χ1v) is 6.48. The van der Waals surface area contributed by atoms with Crippen molar-refractivity contribution in [3.63, 3.8) is 0 Å².